The third-order valence-corrected chi connectivity index (χ3v) is 4.36. The van der Waals surface area contributed by atoms with Crippen molar-refractivity contribution in [3.05, 3.63) is 65.7 Å². The molecule has 0 atom stereocenters. The summed E-state index contributed by atoms with van der Waals surface area (Å²) in [6.07, 6.45) is 7.78. The van der Waals surface area contributed by atoms with Crippen LogP contribution in [0.4, 0.5) is 0 Å². The first-order chi connectivity index (χ1) is 15.0. The Bertz CT molecular complexity index is 898. The number of phenolic OH excluding ortho intramolecular Hbond substituents is 1. The van der Waals surface area contributed by atoms with Gasteiger partial charge in [-0.3, -0.25) is 9.59 Å². The van der Waals surface area contributed by atoms with Crippen LogP contribution in [-0.4, -0.2) is 44.2 Å². The number of nitrogens with one attached hydrogen (secondary N) is 2. The summed E-state index contributed by atoms with van der Waals surface area (Å²) in [5, 5.41) is 15.5. The maximum Gasteiger partial charge on any atom is 0.243 e. The van der Waals surface area contributed by atoms with Crippen molar-refractivity contribution in [1.82, 2.24) is 10.6 Å². The maximum absolute atomic E-state index is 12.0. The lowest BCUT2D eigenvalue weighted by Gasteiger charge is -2.09. The normalized spacial score (nSPS) is 10.9. The van der Waals surface area contributed by atoms with Crippen LogP contribution < -0.4 is 20.1 Å². The van der Waals surface area contributed by atoms with E-state index in [2.05, 4.69) is 10.6 Å². The van der Waals surface area contributed by atoms with Gasteiger partial charge in [0, 0.05) is 25.2 Å². The third-order valence-electron chi connectivity index (χ3n) is 4.36. The average Bonchev–Trinajstić information content (AvgIpc) is 2.79. The average molecular weight is 424 g/mol. The summed E-state index contributed by atoms with van der Waals surface area (Å²) < 4.78 is 10.2. The van der Waals surface area contributed by atoms with Crippen molar-refractivity contribution >= 4 is 24.0 Å². The van der Waals surface area contributed by atoms with E-state index < -0.39 is 0 Å². The molecule has 31 heavy (non-hydrogen) atoms. The fourth-order valence-corrected chi connectivity index (χ4v) is 2.71. The van der Waals surface area contributed by atoms with Gasteiger partial charge >= 0.3 is 0 Å². The molecule has 2 aromatic rings. The van der Waals surface area contributed by atoms with E-state index in [4.69, 9.17) is 9.47 Å². The van der Waals surface area contributed by atoms with Crippen molar-refractivity contribution in [2.75, 3.05) is 27.3 Å². The van der Waals surface area contributed by atoms with E-state index in [0.717, 1.165) is 18.4 Å². The van der Waals surface area contributed by atoms with Crippen molar-refractivity contribution in [1.29, 1.82) is 0 Å². The Balaban J connectivity index is 1.66. The number of amides is 2. The Morgan fingerprint density at radius 3 is 1.81 bits per heavy atom. The molecule has 2 rings (SSSR count). The van der Waals surface area contributed by atoms with Crippen LogP contribution in [0.25, 0.3) is 12.2 Å². The molecule has 7 heteroatoms. The number of methoxy groups -OCH3 is 2. The highest BCUT2D eigenvalue weighted by Gasteiger charge is 2.10. The highest BCUT2D eigenvalue weighted by atomic mass is 16.5. The van der Waals surface area contributed by atoms with Crippen LogP contribution in [0.15, 0.2) is 54.6 Å². The van der Waals surface area contributed by atoms with Crippen molar-refractivity contribution < 1.29 is 24.2 Å². The number of ether oxygens (including phenoxy) is 2. The third kappa shape index (κ3) is 8.26. The number of unbranched alkanes of at least 4 members (excludes halogenated alkanes) is 1. The van der Waals surface area contributed by atoms with Gasteiger partial charge in [0.25, 0.3) is 0 Å². The minimum atomic E-state index is -0.235. The smallest absolute Gasteiger partial charge is 0.243 e. The summed E-state index contributed by atoms with van der Waals surface area (Å²) in [6.45, 7) is 1.04. The number of rotatable bonds is 11. The Hall–Kier alpha value is -3.74. The van der Waals surface area contributed by atoms with Crippen LogP contribution in [0.2, 0.25) is 0 Å². The summed E-state index contributed by atoms with van der Waals surface area (Å²) in [4.78, 5) is 23.7. The molecule has 3 N–H and O–H groups in total. The molecular formula is C24H28N2O5. The van der Waals surface area contributed by atoms with Gasteiger partial charge in [0.2, 0.25) is 17.6 Å². The molecule has 0 aromatic heterocycles. The Morgan fingerprint density at radius 1 is 0.839 bits per heavy atom. The van der Waals surface area contributed by atoms with Crippen molar-refractivity contribution in [3.8, 4) is 17.2 Å². The Labute approximate surface area is 182 Å². The van der Waals surface area contributed by atoms with E-state index >= 15 is 0 Å². The molecule has 0 bridgehead atoms. The topological polar surface area (TPSA) is 96.9 Å². The van der Waals surface area contributed by atoms with Gasteiger partial charge in [-0.25, -0.2) is 0 Å². The number of phenols is 1. The fraction of sp³-hybridized carbons (Fsp3) is 0.250. The van der Waals surface area contributed by atoms with Gasteiger partial charge in [-0.15, -0.1) is 0 Å². The predicted octanol–water partition coefficient (Wildman–Crippen LogP) is 3.15. The first kappa shape index (κ1) is 23.5. The highest BCUT2D eigenvalue weighted by Crippen LogP contribution is 2.37. The number of carbonyl (C=O) groups excluding carboxylic acids is 2. The fourth-order valence-electron chi connectivity index (χ4n) is 2.71. The van der Waals surface area contributed by atoms with E-state index in [1.54, 1.807) is 24.3 Å². The lowest BCUT2D eigenvalue weighted by molar-refractivity contribution is -0.117. The predicted molar refractivity (Wildman–Crippen MR) is 121 cm³/mol. The highest BCUT2D eigenvalue weighted by molar-refractivity contribution is 5.92. The molecule has 0 fully saturated rings. The maximum atomic E-state index is 12.0. The van der Waals surface area contributed by atoms with Crippen LogP contribution in [0.1, 0.15) is 24.0 Å². The first-order valence-corrected chi connectivity index (χ1v) is 9.95. The summed E-state index contributed by atoms with van der Waals surface area (Å²) >= 11 is 0. The molecule has 0 unspecified atom stereocenters. The molecular weight excluding hydrogens is 396 g/mol. The summed E-state index contributed by atoms with van der Waals surface area (Å²) in [5.74, 6) is 0.0609. The van der Waals surface area contributed by atoms with Gasteiger partial charge in [0.15, 0.2) is 11.5 Å². The van der Waals surface area contributed by atoms with Crippen molar-refractivity contribution in [3.63, 3.8) is 0 Å². The Morgan fingerprint density at radius 2 is 1.32 bits per heavy atom. The standard InChI is InChI=1S/C24H28N2O5/c1-30-20-16-19(17-21(31-2)24(20)29)11-13-23(28)26-15-7-6-14-25-22(27)12-10-18-8-4-3-5-9-18/h3-5,8-13,16-17,29H,6-7,14-15H2,1-2H3,(H,25,27)(H,26,28)/b12-10+,13-11?. The minimum absolute atomic E-state index is 0.0887. The molecule has 0 saturated heterocycles. The molecule has 0 saturated carbocycles. The van der Waals surface area contributed by atoms with Crippen LogP contribution in [0.3, 0.4) is 0 Å². The van der Waals surface area contributed by atoms with Crippen LogP contribution >= 0.6 is 0 Å². The number of aromatic hydroxyl groups is 1. The molecule has 0 radical (unpaired) electrons. The second-order valence-corrected chi connectivity index (χ2v) is 6.64. The first-order valence-electron chi connectivity index (χ1n) is 9.95. The van der Waals surface area contributed by atoms with Gasteiger partial charge in [0.1, 0.15) is 0 Å². The molecule has 0 aliphatic carbocycles. The molecule has 2 amide bonds. The molecule has 0 spiro atoms. The molecule has 2 aromatic carbocycles. The van der Waals surface area contributed by atoms with Crippen molar-refractivity contribution in [2.24, 2.45) is 0 Å². The van der Waals surface area contributed by atoms with E-state index in [1.807, 2.05) is 30.3 Å². The largest absolute Gasteiger partial charge is 0.502 e. The number of benzene rings is 2. The minimum Gasteiger partial charge on any atom is -0.502 e. The lowest BCUT2D eigenvalue weighted by Crippen LogP contribution is -2.25. The van der Waals surface area contributed by atoms with Gasteiger partial charge in [-0.1, -0.05) is 30.3 Å². The summed E-state index contributed by atoms with van der Waals surface area (Å²) in [6, 6.07) is 12.8. The molecule has 0 aliphatic heterocycles. The van der Waals surface area contributed by atoms with Crippen LogP contribution in [0, 0.1) is 0 Å². The number of hydrogen-bond donors (Lipinski definition) is 3. The zero-order chi connectivity index (χ0) is 22.5. The SMILES string of the molecule is COc1cc(C=CC(=O)NCCCCNC(=O)/C=C/c2ccccc2)cc(OC)c1O. The van der Waals surface area contributed by atoms with E-state index in [0.29, 0.717) is 18.7 Å². The van der Waals surface area contributed by atoms with E-state index in [-0.39, 0.29) is 29.1 Å². The quantitative estimate of drug-likeness (QED) is 0.380. The van der Waals surface area contributed by atoms with E-state index in [9.17, 15) is 14.7 Å². The van der Waals surface area contributed by atoms with Gasteiger partial charge in [-0.2, -0.15) is 0 Å². The molecule has 0 heterocycles. The van der Waals surface area contributed by atoms with Gasteiger partial charge < -0.3 is 25.2 Å². The van der Waals surface area contributed by atoms with E-state index in [1.165, 1.54) is 26.4 Å². The van der Waals surface area contributed by atoms with Crippen LogP contribution in [-0.2, 0) is 9.59 Å². The van der Waals surface area contributed by atoms with Crippen LogP contribution in [0.5, 0.6) is 17.2 Å². The van der Waals surface area contributed by atoms with Crippen molar-refractivity contribution in [2.45, 2.75) is 12.8 Å². The molecule has 164 valence electrons. The zero-order valence-electron chi connectivity index (χ0n) is 17.8. The summed E-state index contributed by atoms with van der Waals surface area (Å²) in [5.41, 5.74) is 1.63. The summed E-state index contributed by atoms with van der Waals surface area (Å²) in [7, 11) is 2.88. The Kier molecular flexibility index (Phi) is 9.68. The monoisotopic (exact) mass is 424 g/mol. The number of hydrogen-bond acceptors (Lipinski definition) is 5. The van der Waals surface area contributed by atoms with Gasteiger partial charge in [-0.05, 0) is 48.3 Å². The number of carbonyl (C=O) groups is 2. The second-order valence-electron chi connectivity index (χ2n) is 6.64. The molecule has 0 aliphatic rings. The van der Waals surface area contributed by atoms with Gasteiger partial charge in [0.05, 0.1) is 14.2 Å². The zero-order valence-corrected chi connectivity index (χ0v) is 17.8. The second kappa shape index (κ2) is 12.7. The lowest BCUT2D eigenvalue weighted by atomic mass is 10.1. The molecule has 7 nitrogen and oxygen atoms in total.